The number of hydrogen-bond donors (Lipinski definition) is 5. The van der Waals surface area contributed by atoms with E-state index in [1.807, 2.05) is 45.2 Å². The molecule has 0 aliphatic carbocycles. The molecule has 1 aromatic rings. The number of halogens is 2. The lowest BCUT2D eigenvalue weighted by Crippen LogP contribution is -2.38. The van der Waals surface area contributed by atoms with Crippen molar-refractivity contribution < 1.29 is 30.0 Å². The number of carbonyl (C=O) groups excluding carboxylic acids is 2. The molecular weight excluding hydrogens is 596 g/mol. The summed E-state index contributed by atoms with van der Waals surface area (Å²) in [5.41, 5.74) is 7.43. The standard InChI is InChI=1S/C17H25I2N3O6/c1-8-11(16(27)21(2)4-9(25)6-23)13(18)12(14(19)15(8)20)17(28)22(3)5-10(26)7-24/h9-10,23-26H,4-7,20H2,1-3H3. The zero-order valence-corrected chi connectivity index (χ0v) is 20.1. The second kappa shape index (κ2) is 10.9. The number of carbonyl (C=O) groups is 2. The Hall–Kier alpha value is -0.740. The van der Waals surface area contributed by atoms with Crippen molar-refractivity contribution in [2.24, 2.45) is 0 Å². The van der Waals surface area contributed by atoms with Crippen LogP contribution in [0.5, 0.6) is 0 Å². The Kier molecular flexibility index (Phi) is 9.82. The normalized spacial score (nSPS) is 13.2. The minimum Gasteiger partial charge on any atom is -0.398 e. The number of aliphatic hydroxyl groups is 4. The minimum atomic E-state index is -1.08. The fourth-order valence-electron chi connectivity index (χ4n) is 2.56. The van der Waals surface area contributed by atoms with E-state index in [0.717, 1.165) is 0 Å². The van der Waals surface area contributed by atoms with E-state index in [2.05, 4.69) is 0 Å². The van der Waals surface area contributed by atoms with E-state index in [4.69, 9.17) is 15.9 Å². The molecule has 158 valence electrons. The predicted octanol–water partition coefficient (Wildman–Crippen LogP) is -0.363. The van der Waals surface area contributed by atoms with Gasteiger partial charge >= 0.3 is 0 Å². The van der Waals surface area contributed by atoms with Crippen LogP contribution in [0.3, 0.4) is 0 Å². The molecule has 2 unspecified atom stereocenters. The van der Waals surface area contributed by atoms with E-state index >= 15 is 0 Å². The summed E-state index contributed by atoms with van der Waals surface area (Å²) in [5.74, 6) is -0.885. The summed E-state index contributed by atoms with van der Waals surface area (Å²) >= 11 is 3.86. The zero-order valence-electron chi connectivity index (χ0n) is 15.8. The molecule has 2 amide bonds. The molecule has 11 heteroatoms. The third-order valence-corrected chi connectivity index (χ3v) is 6.39. The SMILES string of the molecule is Cc1c(N)c(I)c(C(=O)N(C)CC(O)CO)c(I)c1C(=O)N(C)CC(O)CO. The van der Waals surface area contributed by atoms with Crippen LogP contribution in [0.2, 0.25) is 0 Å². The molecule has 1 rings (SSSR count). The van der Waals surface area contributed by atoms with E-state index in [1.54, 1.807) is 6.92 Å². The number of nitrogens with two attached hydrogens (primary N) is 1. The lowest BCUT2D eigenvalue weighted by molar-refractivity contribution is 0.0514. The summed E-state index contributed by atoms with van der Waals surface area (Å²) in [7, 11) is 2.96. The maximum absolute atomic E-state index is 12.9. The number of likely N-dealkylation sites (N-methyl/N-ethyl adjacent to an activating group) is 2. The van der Waals surface area contributed by atoms with E-state index in [9.17, 15) is 19.8 Å². The Labute approximate surface area is 190 Å². The van der Waals surface area contributed by atoms with Gasteiger partial charge in [-0.05, 0) is 57.7 Å². The van der Waals surface area contributed by atoms with Crippen molar-refractivity contribution in [3.05, 3.63) is 23.8 Å². The lowest BCUT2D eigenvalue weighted by Gasteiger charge is -2.25. The van der Waals surface area contributed by atoms with Crippen molar-refractivity contribution in [3.8, 4) is 0 Å². The molecule has 6 N–H and O–H groups in total. The summed E-state index contributed by atoms with van der Waals surface area (Å²) in [4.78, 5) is 28.4. The molecule has 0 aliphatic rings. The molecule has 1 aromatic carbocycles. The molecule has 0 spiro atoms. The first-order chi connectivity index (χ1) is 13.0. The Balaban J connectivity index is 3.42. The smallest absolute Gasteiger partial charge is 0.255 e. The number of nitrogen functional groups attached to an aromatic ring is 1. The average Bonchev–Trinajstić information content (AvgIpc) is 2.65. The number of amides is 2. The van der Waals surface area contributed by atoms with Gasteiger partial charge in [0.15, 0.2) is 0 Å². The highest BCUT2D eigenvalue weighted by atomic mass is 127. The number of aliphatic hydroxyl groups excluding tert-OH is 4. The van der Waals surface area contributed by atoms with Crippen LogP contribution in [0, 0.1) is 14.1 Å². The van der Waals surface area contributed by atoms with Gasteiger partial charge in [0.05, 0.1) is 40.1 Å². The molecule has 0 aromatic heterocycles. The molecule has 0 saturated heterocycles. The van der Waals surface area contributed by atoms with E-state index in [0.29, 0.717) is 18.4 Å². The third-order valence-electron chi connectivity index (χ3n) is 4.19. The first-order valence-electron chi connectivity index (χ1n) is 8.33. The topological polar surface area (TPSA) is 148 Å². The summed E-state index contributed by atoms with van der Waals surface area (Å²) in [6.07, 6.45) is -2.17. The number of anilines is 1. The van der Waals surface area contributed by atoms with E-state index in [-0.39, 0.29) is 24.2 Å². The van der Waals surface area contributed by atoms with Crippen LogP contribution in [0.15, 0.2) is 0 Å². The van der Waals surface area contributed by atoms with Gasteiger partial charge in [-0.15, -0.1) is 0 Å². The fourth-order valence-corrected chi connectivity index (χ4v) is 5.11. The van der Waals surface area contributed by atoms with Gasteiger partial charge in [0.25, 0.3) is 11.8 Å². The molecule has 28 heavy (non-hydrogen) atoms. The van der Waals surface area contributed by atoms with Crippen molar-refractivity contribution in [1.29, 1.82) is 0 Å². The maximum Gasteiger partial charge on any atom is 0.255 e. The third kappa shape index (κ3) is 5.66. The van der Waals surface area contributed by atoms with E-state index < -0.39 is 37.2 Å². The number of benzene rings is 1. The van der Waals surface area contributed by atoms with Gasteiger partial charge in [0, 0.05) is 36.4 Å². The number of nitrogens with zero attached hydrogens (tertiary/aromatic N) is 2. The summed E-state index contributed by atoms with van der Waals surface area (Å²) in [6.45, 7) is 0.550. The van der Waals surface area contributed by atoms with Crippen LogP contribution < -0.4 is 5.73 Å². The molecular formula is C17H25I2N3O6. The van der Waals surface area contributed by atoms with Gasteiger partial charge in [0.1, 0.15) is 0 Å². The van der Waals surface area contributed by atoms with Crippen molar-refractivity contribution in [3.63, 3.8) is 0 Å². The van der Waals surface area contributed by atoms with Gasteiger partial charge < -0.3 is 36.0 Å². The number of rotatable bonds is 8. The molecule has 0 heterocycles. The van der Waals surface area contributed by atoms with Gasteiger partial charge in [0.2, 0.25) is 0 Å². The second-order valence-electron chi connectivity index (χ2n) is 6.46. The van der Waals surface area contributed by atoms with Crippen molar-refractivity contribution in [2.75, 3.05) is 46.1 Å². The molecule has 2 atom stereocenters. The Morgan fingerprint density at radius 1 is 0.929 bits per heavy atom. The average molecular weight is 621 g/mol. The van der Waals surface area contributed by atoms with Gasteiger partial charge in [-0.2, -0.15) is 0 Å². The van der Waals surface area contributed by atoms with Crippen molar-refractivity contribution in [2.45, 2.75) is 19.1 Å². The summed E-state index contributed by atoms with van der Waals surface area (Å²) in [6, 6.07) is 0. The predicted molar refractivity (Wildman–Crippen MR) is 121 cm³/mol. The molecule has 0 saturated carbocycles. The van der Waals surface area contributed by atoms with E-state index in [1.165, 1.54) is 23.9 Å². The minimum absolute atomic E-state index is 0.0807. The van der Waals surface area contributed by atoms with Crippen LogP contribution in [-0.4, -0.2) is 94.6 Å². The molecule has 0 fully saturated rings. The maximum atomic E-state index is 12.9. The van der Waals surface area contributed by atoms with Gasteiger partial charge in [-0.1, -0.05) is 0 Å². The molecule has 0 aliphatic heterocycles. The van der Waals surface area contributed by atoms with Crippen LogP contribution in [-0.2, 0) is 0 Å². The Morgan fingerprint density at radius 2 is 1.32 bits per heavy atom. The molecule has 0 radical (unpaired) electrons. The van der Waals surface area contributed by atoms with Gasteiger partial charge in [-0.25, -0.2) is 0 Å². The summed E-state index contributed by atoms with van der Waals surface area (Å²) in [5, 5.41) is 37.2. The van der Waals surface area contributed by atoms with Crippen LogP contribution in [0.4, 0.5) is 5.69 Å². The van der Waals surface area contributed by atoms with Crippen LogP contribution >= 0.6 is 45.2 Å². The van der Waals surface area contributed by atoms with Crippen LogP contribution in [0.1, 0.15) is 26.3 Å². The largest absolute Gasteiger partial charge is 0.398 e. The van der Waals surface area contributed by atoms with Crippen LogP contribution in [0.25, 0.3) is 0 Å². The van der Waals surface area contributed by atoms with Crippen molar-refractivity contribution in [1.82, 2.24) is 9.80 Å². The Morgan fingerprint density at radius 3 is 1.71 bits per heavy atom. The number of hydrogen-bond acceptors (Lipinski definition) is 7. The highest BCUT2D eigenvalue weighted by molar-refractivity contribution is 14.1. The highest BCUT2D eigenvalue weighted by Gasteiger charge is 2.29. The molecule has 9 nitrogen and oxygen atoms in total. The zero-order chi connectivity index (χ0) is 21.8. The monoisotopic (exact) mass is 621 g/mol. The highest BCUT2D eigenvalue weighted by Crippen LogP contribution is 2.33. The Bertz CT molecular complexity index is 689. The fraction of sp³-hybridized carbons (Fsp3) is 0.529. The quantitative estimate of drug-likeness (QED) is 0.197. The van der Waals surface area contributed by atoms with Crippen molar-refractivity contribution >= 4 is 62.7 Å². The summed E-state index contributed by atoms with van der Waals surface area (Å²) < 4.78 is 0.892. The first kappa shape index (κ1) is 25.3. The first-order valence-corrected chi connectivity index (χ1v) is 10.5. The van der Waals surface area contributed by atoms with Gasteiger partial charge in [-0.3, -0.25) is 9.59 Å². The second-order valence-corrected chi connectivity index (χ2v) is 8.62. The lowest BCUT2D eigenvalue weighted by atomic mass is 10.0. The molecule has 0 bridgehead atoms.